The number of hydrogen-bond acceptors (Lipinski definition) is 5. The van der Waals surface area contributed by atoms with Crippen LogP contribution in [0.15, 0.2) is 42.5 Å². The molecular weight excluding hydrogens is 332 g/mol. The molecule has 0 aromatic heterocycles. The van der Waals surface area contributed by atoms with Crippen molar-refractivity contribution in [1.29, 1.82) is 0 Å². The molecule has 1 atom stereocenters. The first-order valence-electron chi connectivity index (χ1n) is 8.78. The van der Waals surface area contributed by atoms with E-state index in [2.05, 4.69) is 13.8 Å². The standard InChI is InChI=1S/C21H22O5/c1-3-14(2)15-4-6-16(7-5-15)18(22)13-26-21(23)17-8-9-19-20(12-17)25-11-10-24-19/h4-9,12,14H,3,10-11,13H2,1-2H3/t14-/m0/s1. The van der Waals surface area contributed by atoms with Gasteiger partial charge >= 0.3 is 5.97 Å². The Bertz CT molecular complexity index is 795. The van der Waals surface area contributed by atoms with Crippen LogP contribution in [0.25, 0.3) is 0 Å². The summed E-state index contributed by atoms with van der Waals surface area (Å²) in [6.45, 7) is 4.90. The molecule has 1 aliphatic heterocycles. The van der Waals surface area contributed by atoms with Crippen LogP contribution in [0.4, 0.5) is 0 Å². The summed E-state index contributed by atoms with van der Waals surface area (Å²) in [7, 11) is 0. The predicted octanol–water partition coefficient (Wildman–Crippen LogP) is 4.01. The second-order valence-corrected chi connectivity index (χ2v) is 6.29. The molecule has 1 heterocycles. The van der Waals surface area contributed by atoms with Crippen molar-refractivity contribution >= 4 is 11.8 Å². The third-order valence-electron chi connectivity index (χ3n) is 4.53. The molecule has 0 aliphatic carbocycles. The van der Waals surface area contributed by atoms with Crippen LogP contribution in [0.1, 0.15) is 52.5 Å². The Kier molecular flexibility index (Phi) is 5.56. The van der Waals surface area contributed by atoms with Crippen molar-refractivity contribution in [2.24, 2.45) is 0 Å². The van der Waals surface area contributed by atoms with Gasteiger partial charge in [0, 0.05) is 5.56 Å². The average Bonchev–Trinajstić information content (AvgIpc) is 2.70. The van der Waals surface area contributed by atoms with Crippen LogP contribution in [-0.2, 0) is 4.74 Å². The van der Waals surface area contributed by atoms with Gasteiger partial charge in [0.15, 0.2) is 23.9 Å². The lowest BCUT2D eigenvalue weighted by molar-refractivity contribution is 0.0474. The van der Waals surface area contributed by atoms with Gasteiger partial charge in [0.2, 0.25) is 0 Å². The summed E-state index contributed by atoms with van der Waals surface area (Å²) in [5.74, 6) is 0.772. The topological polar surface area (TPSA) is 61.8 Å². The third kappa shape index (κ3) is 4.04. The number of rotatable bonds is 6. The summed E-state index contributed by atoms with van der Waals surface area (Å²) in [6.07, 6.45) is 1.04. The van der Waals surface area contributed by atoms with Gasteiger partial charge < -0.3 is 14.2 Å². The largest absolute Gasteiger partial charge is 0.486 e. The van der Waals surface area contributed by atoms with Crippen LogP contribution >= 0.6 is 0 Å². The molecule has 0 unspecified atom stereocenters. The number of carbonyl (C=O) groups is 2. The van der Waals surface area contributed by atoms with Gasteiger partial charge in [-0.2, -0.15) is 0 Å². The Hall–Kier alpha value is -2.82. The van der Waals surface area contributed by atoms with Crippen molar-refractivity contribution in [1.82, 2.24) is 0 Å². The van der Waals surface area contributed by atoms with Gasteiger partial charge in [0.25, 0.3) is 0 Å². The maximum absolute atomic E-state index is 12.2. The van der Waals surface area contributed by atoms with Crippen LogP contribution in [0, 0.1) is 0 Å². The Morgan fingerprint density at radius 3 is 2.35 bits per heavy atom. The number of benzene rings is 2. The highest BCUT2D eigenvalue weighted by Gasteiger charge is 2.17. The predicted molar refractivity (Wildman–Crippen MR) is 97.2 cm³/mol. The molecule has 0 fully saturated rings. The first kappa shape index (κ1) is 18.0. The maximum atomic E-state index is 12.2. The van der Waals surface area contributed by atoms with Crippen molar-refractivity contribution < 1.29 is 23.8 Å². The zero-order chi connectivity index (χ0) is 18.5. The van der Waals surface area contributed by atoms with Gasteiger partial charge in [-0.1, -0.05) is 38.1 Å². The summed E-state index contributed by atoms with van der Waals surface area (Å²) >= 11 is 0. The van der Waals surface area contributed by atoms with Crippen LogP contribution in [0.3, 0.4) is 0 Å². The molecule has 0 saturated carbocycles. The zero-order valence-corrected chi connectivity index (χ0v) is 15.0. The summed E-state index contributed by atoms with van der Waals surface area (Å²) in [5, 5.41) is 0. The molecule has 5 heteroatoms. The molecule has 0 saturated heterocycles. The van der Waals surface area contributed by atoms with E-state index in [0.717, 1.165) is 6.42 Å². The Morgan fingerprint density at radius 2 is 1.65 bits per heavy atom. The highest BCUT2D eigenvalue weighted by atomic mass is 16.6. The van der Waals surface area contributed by atoms with Crippen LogP contribution in [-0.4, -0.2) is 31.6 Å². The molecule has 2 aromatic rings. The van der Waals surface area contributed by atoms with Crippen LogP contribution in [0.2, 0.25) is 0 Å². The third-order valence-corrected chi connectivity index (χ3v) is 4.53. The normalized spacial score (nSPS) is 13.8. The maximum Gasteiger partial charge on any atom is 0.338 e. The number of carbonyl (C=O) groups excluding carboxylic acids is 2. The van der Waals surface area contributed by atoms with Gasteiger partial charge in [-0.25, -0.2) is 4.79 Å². The molecule has 3 rings (SSSR count). The highest BCUT2D eigenvalue weighted by Crippen LogP contribution is 2.30. The molecule has 0 N–H and O–H groups in total. The SMILES string of the molecule is CC[C@H](C)c1ccc(C(=O)COC(=O)c2ccc3c(c2)OCCO3)cc1. The first-order valence-corrected chi connectivity index (χ1v) is 8.78. The van der Waals surface area contributed by atoms with E-state index in [9.17, 15) is 9.59 Å². The Morgan fingerprint density at radius 1 is 1.00 bits per heavy atom. The summed E-state index contributed by atoms with van der Waals surface area (Å²) in [4.78, 5) is 24.4. The smallest absolute Gasteiger partial charge is 0.338 e. The first-order chi connectivity index (χ1) is 12.6. The van der Waals surface area contributed by atoms with Gasteiger partial charge in [0.05, 0.1) is 5.56 Å². The molecule has 26 heavy (non-hydrogen) atoms. The van der Waals surface area contributed by atoms with Crippen molar-refractivity contribution in [2.45, 2.75) is 26.2 Å². The van der Waals surface area contributed by atoms with E-state index in [1.807, 2.05) is 12.1 Å². The van der Waals surface area contributed by atoms with Crippen LogP contribution in [0.5, 0.6) is 11.5 Å². The average molecular weight is 354 g/mol. The lowest BCUT2D eigenvalue weighted by Gasteiger charge is -2.18. The molecular formula is C21H22O5. The van der Waals surface area contributed by atoms with E-state index in [1.165, 1.54) is 5.56 Å². The Labute approximate surface area is 152 Å². The van der Waals surface area contributed by atoms with Gasteiger partial charge in [-0.05, 0) is 36.1 Å². The van der Waals surface area contributed by atoms with Crippen molar-refractivity contribution in [3.05, 3.63) is 59.2 Å². The molecule has 0 bridgehead atoms. The monoisotopic (exact) mass is 354 g/mol. The van der Waals surface area contributed by atoms with Gasteiger partial charge in [-0.3, -0.25) is 4.79 Å². The summed E-state index contributed by atoms with van der Waals surface area (Å²) < 4.78 is 16.0. The minimum Gasteiger partial charge on any atom is -0.486 e. The lowest BCUT2D eigenvalue weighted by atomic mass is 9.97. The molecule has 0 amide bonds. The second kappa shape index (κ2) is 8.04. The fourth-order valence-electron chi connectivity index (χ4n) is 2.70. The van der Waals surface area contributed by atoms with E-state index >= 15 is 0 Å². The highest BCUT2D eigenvalue weighted by molar-refractivity contribution is 5.99. The number of hydrogen-bond donors (Lipinski definition) is 0. The quantitative estimate of drug-likeness (QED) is 0.579. The zero-order valence-electron chi connectivity index (χ0n) is 15.0. The number of fused-ring (bicyclic) bond motifs is 1. The number of ether oxygens (including phenoxy) is 3. The van der Waals surface area contributed by atoms with E-state index in [-0.39, 0.29) is 12.4 Å². The molecule has 1 aliphatic rings. The van der Waals surface area contributed by atoms with Crippen LogP contribution < -0.4 is 9.47 Å². The number of esters is 1. The van der Waals surface area contributed by atoms with E-state index in [1.54, 1.807) is 30.3 Å². The van der Waals surface area contributed by atoms with E-state index in [4.69, 9.17) is 14.2 Å². The fourth-order valence-corrected chi connectivity index (χ4v) is 2.70. The summed E-state index contributed by atoms with van der Waals surface area (Å²) in [6, 6.07) is 12.3. The van der Waals surface area contributed by atoms with Crippen molar-refractivity contribution in [2.75, 3.05) is 19.8 Å². The summed E-state index contributed by atoms with van der Waals surface area (Å²) in [5.41, 5.74) is 2.05. The lowest BCUT2D eigenvalue weighted by Crippen LogP contribution is -2.17. The minimum atomic E-state index is -0.563. The van der Waals surface area contributed by atoms with Crippen molar-refractivity contribution in [3.63, 3.8) is 0 Å². The molecule has 0 spiro atoms. The minimum absolute atomic E-state index is 0.230. The second-order valence-electron chi connectivity index (χ2n) is 6.29. The van der Waals surface area contributed by atoms with Gasteiger partial charge in [-0.15, -0.1) is 0 Å². The Balaban J connectivity index is 1.59. The number of Topliss-reactive ketones (excluding diaryl/α,β-unsaturated/α-hetero) is 1. The molecule has 5 nitrogen and oxygen atoms in total. The van der Waals surface area contributed by atoms with E-state index < -0.39 is 5.97 Å². The van der Waals surface area contributed by atoms with Crippen molar-refractivity contribution in [3.8, 4) is 11.5 Å². The molecule has 2 aromatic carbocycles. The van der Waals surface area contributed by atoms with E-state index in [0.29, 0.717) is 41.8 Å². The number of ketones is 1. The molecule has 136 valence electrons. The fraction of sp³-hybridized carbons (Fsp3) is 0.333. The van der Waals surface area contributed by atoms with Gasteiger partial charge in [0.1, 0.15) is 13.2 Å². The molecule has 0 radical (unpaired) electrons.